The summed E-state index contributed by atoms with van der Waals surface area (Å²) in [5.74, 6) is -0.558. The third-order valence-electron chi connectivity index (χ3n) is 1.82. The van der Waals surface area contributed by atoms with Gasteiger partial charge in [0.15, 0.2) is 0 Å². The van der Waals surface area contributed by atoms with E-state index in [9.17, 15) is 19.8 Å². The summed E-state index contributed by atoms with van der Waals surface area (Å²) in [4.78, 5) is 21.1. The number of hydrogen-bond acceptors (Lipinski definition) is 6. The Kier molecular flexibility index (Phi) is 11.4. The Morgan fingerprint density at radius 3 is 2.12 bits per heavy atom. The number of aliphatic hydroxyl groups excluding tert-OH is 4. The van der Waals surface area contributed by atoms with Crippen LogP contribution in [0.15, 0.2) is 0 Å². The second-order valence-corrected chi connectivity index (χ2v) is 3.09. The molecule has 0 bridgehead atoms. The van der Waals surface area contributed by atoms with E-state index >= 15 is 0 Å². The third-order valence-corrected chi connectivity index (χ3v) is 1.82. The van der Waals surface area contributed by atoms with E-state index in [-0.39, 0.29) is 57.7 Å². The van der Waals surface area contributed by atoms with Crippen molar-refractivity contribution in [1.82, 2.24) is 5.32 Å². The Morgan fingerprint density at radius 1 is 1.31 bits per heavy atom. The van der Waals surface area contributed by atoms with Gasteiger partial charge >= 0.3 is 51.4 Å². The number of aldehydes is 1. The number of carbonyl (C=O) groups is 2. The molecule has 0 aromatic heterocycles. The first-order valence-corrected chi connectivity index (χ1v) is 4.31. The second-order valence-electron chi connectivity index (χ2n) is 3.09. The van der Waals surface area contributed by atoms with E-state index in [1.165, 1.54) is 0 Å². The molecular weight excluding hydrogens is 245 g/mol. The predicted octanol–water partition coefficient (Wildman–Crippen LogP) is -3.88. The van der Waals surface area contributed by atoms with E-state index in [1.807, 2.05) is 0 Å². The summed E-state index contributed by atoms with van der Waals surface area (Å²) in [6.07, 6.45) is -4.72. The molecule has 5 N–H and O–H groups in total. The van der Waals surface area contributed by atoms with Crippen LogP contribution < -0.4 is 5.32 Å². The van der Waals surface area contributed by atoms with Crippen LogP contribution in [0.1, 0.15) is 6.92 Å². The van der Waals surface area contributed by atoms with Gasteiger partial charge in [0.05, 0.1) is 6.61 Å². The Bertz CT molecular complexity index is 227. The summed E-state index contributed by atoms with van der Waals surface area (Å²) in [6, 6.07) is -1.32. The van der Waals surface area contributed by atoms with Crippen LogP contribution in [-0.4, -0.2) is 115 Å². The SMILES string of the molecule is CC(=O)N[C@H](C=O)[C@@H](O)[C@H](O)[C@H](O)CO.[KH]. The van der Waals surface area contributed by atoms with Gasteiger partial charge in [-0.25, -0.2) is 0 Å². The Labute approximate surface area is 135 Å². The molecule has 1 amide bonds. The van der Waals surface area contributed by atoms with E-state index < -0.39 is 36.9 Å². The minimum absolute atomic E-state index is 0. The van der Waals surface area contributed by atoms with Crippen LogP contribution in [0, 0.1) is 0 Å². The van der Waals surface area contributed by atoms with E-state index in [4.69, 9.17) is 10.2 Å². The third kappa shape index (κ3) is 6.38. The molecule has 0 saturated carbocycles. The summed E-state index contributed by atoms with van der Waals surface area (Å²) in [5.41, 5.74) is 0. The van der Waals surface area contributed by atoms with Gasteiger partial charge in [0.1, 0.15) is 30.6 Å². The average molecular weight is 261 g/mol. The molecule has 0 saturated heterocycles. The van der Waals surface area contributed by atoms with E-state index in [0.29, 0.717) is 0 Å². The fourth-order valence-electron chi connectivity index (χ4n) is 0.983. The number of nitrogens with one attached hydrogen (secondary N) is 1. The number of carbonyl (C=O) groups excluding carboxylic acids is 2. The zero-order chi connectivity index (χ0) is 12.0. The fourth-order valence-corrected chi connectivity index (χ4v) is 0.983. The Balaban J connectivity index is 0. The molecule has 0 radical (unpaired) electrons. The monoisotopic (exact) mass is 261 g/mol. The first-order valence-electron chi connectivity index (χ1n) is 4.31. The number of hydrogen-bond donors (Lipinski definition) is 5. The normalized spacial score (nSPS) is 17.6. The number of aliphatic hydroxyl groups is 4. The zero-order valence-electron chi connectivity index (χ0n) is 8.20. The van der Waals surface area contributed by atoms with Gasteiger partial charge in [0, 0.05) is 6.92 Å². The van der Waals surface area contributed by atoms with Crippen molar-refractivity contribution < 1.29 is 30.0 Å². The van der Waals surface area contributed by atoms with Crippen molar-refractivity contribution in [2.75, 3.05) is 6.61 Å². The summed E-state index contributed by atoms with van der Waals surface area (Å²) >= 11 is 0. The molecule has 16 heavy (non-hydrogen) atoms. The van der Waals surface area contributed by atoms with Crippen LogP contribution in [0.2, 0.25) is 0 Å². The molecule has 0 rings (SSSR count). The molecule has 0 aliphatic heterocycles. The Morgan fingerprint density at radius 2 is 1.81 bits per heavy atom. The first kappa shape index (κ1) is 19.0. The van der Waals surface area contributed by atoms with Gasteiger partial charge in [0.25, 0.3) is 0 Å². The van der Waals surface area contributed by atoms with Crippen molar-refractivity contribution >= 4 is 63.6 Å². The van der Waals surface area contributed by atoms with Crippen LogP contribution in [0.3, 0.4) is 0 Å². The molecule has 90 valence electrons. The topological polar surface area (TPSA) is 127 Å². The average Bonchev–Trinajstić information content (AvgIpc) is 2.22. The summed E-state index contributed by atoms with van der Waals surface area (Å²) in [7, 11) is 0. The van der Waals surface area contributed by atoms with Crippen molar-refractivity contribution in [3.8, 4) is 0 Å². The molecule has 0 spiro atoms. The maximum absolute atomic E-state index is 10.6. The second kappa shape index (κ2) is 9.63. The molecule has 0 aliphatic carbocycles. The van der Waals surface area contributed by atoms with Crippen molar-refractivity contribution in [1.29, 1.82) is 0 Å². The van der Waals surface area contributed by atoms with Crippen LogP contribution >= 0.6 is 0 Å². The van der Waals surface area contributed by atoms with E-state index in [1.54, 1.807) is 0 Å². The quantitative estimate of drug-likeness (QED) is 0.246. The van der Waals surface area contributed by atoms with Crippen LogP contribution in [0.4, 0.5) is 0 Å². The van der Waals surface area contributed by atoms with E-state index in [2.05, 4.69) is 5.32 Å². The molecule has 7 nitrogen and oxygen atoms in total. The van der Waals surface area contributed by atoms with Crippen molar-refractivity contribution in [2.24, 2.45) is 0 Å². The summed E-state index contributed by atoms with van der Waals surface area (Å²) in [6.45, 7) is 0.377. The summed E-state index contributed by atoms with van der Waals surface area (Å²) in [5, 5.41) is 38.2. The van der Waals surface area contributed by atoms with Gasteiger partial charge in [-0.15, -0.1) is 0 Å². The van der Waals surface area contributed by atoms with E-state index in [0.717, 1.165) is 6.92 Å². The van der Waals surface area contributed by atoms with Gasteiger partial charge in [-0.05, 0) is 0 Å². The molecular formula is C8H16KNO6. The Hall–Kier alpha value is 0.616. The zero-order valence-corrected chi connectivity index (χ0v) is 8.20. The number of rotatable bonds is 6. The molecule has 0 aromatic carbocycles. The van der Waals surface area contributed by atoms with Gasteiger partial charge in [-0.1, -0.05) is 0 Å². The van der Waals surface area contributed by atoms with Gasteiger partial charge in [-0.3, -0.25) is 4.79 Å². The van der Waals surface area contributed by atoms with Gasteiger partial charge in [-0.2, -0.15) is 0 Å². The molecule has 0 aliphatic rings. The standard InChI is InChI=1S/C8H15NO6.K.H/c1-4(12)9-5(2-10)7(14)8(15)6(13)3-11;;/h2,5-8,11,13-15H,3H2,1H3,(H,9,12);;/t5-,6-,7-,8-;;/m1../s1. The van der Waals surface area contributed by atoms with Crippen molar-refractivity contribution in [3.05, 3.63) is 0 Å². The molecule has 4 atom stereocenters. The van der Waals surface area contributed by atoms with Gasteiger partial charge < -0.3 is 30.5 Å². The fraction of sp³-hybridized carbons (Fsp3) is 0.750. The van der Waals surface area contributed by atoms with Crippen LogP contribution in [-0.2, 0) is 9.59 Å². The molecule has 0 heterocycles. The van der Waals surface area contributed by atoms with Crippen molar-refractivity contribution in [3.63, 3.8) is 0 Å². The molecule has 0 unspecified atom stereocenters. The predicted molar refractivity (Wildman–Crippen MR) is 55.9 cm³/mol. The van der Waals surface area contributed by atoms with Crippen LogP contribution in [0.5, 0.6) is 0 Å². The molecule has 8 heteroatoms. The van der Waals surface area contributed by atoms with Gasteiger partial charge in [0.2, 0.25) is 5.91 Å². The van der Waals surface area contributed by atoms with Crippen molar-refractivity contribution in [2.45, 2.75) is 31.3 Å². The summed E-state index contributed by atoms with van der Waals surface area (Å²) < 4.78 is 0. The first-order chi connectivity index (χ1) is 6.93. The molecule has 0 aromatic rings. The molecule has 0 fully saturated rings. The number of amides is 1. The minimum atomic E-state index is -1.71. The maximum atomic E-state index is 10.6. The van der Waals surface area contributed by atoms with Crippen LogP contribution in [0.25, 0.3) is 0 Å².